The maximum Gasteiger partial charge on any atom is 0.337 e. The summed E-state index contributed by atoms with van der Waals surface area (Å²) in [7, 11) is 1.65. The molecule has 1 rings (SSSR count). The van der Waals surface area contributed by atoms with E-state index in [0.29, 0.717) is 6.61 Å². The first-order chi connectivity index (χ1) is 8.04. The monoisotopic (exact) mass is 238 g/mol. The number of nitrogen functional groups attached to an aromatic ring is 1. The molecule has 1 aromatic carbocycles. The van der Waals surface area contributed by atoms with E-state index in [-0.39, 0.29) is 17.3 Å². The van der Waals surface area contributed by atoms with Crippen molar-refractivity contribution in [3.8, 4) is 0 Å². The molecule has 5 heteroatoms. The highest BCUT2D eigenvalue weighted by Gasteiger charge is 2.09. The van der Waals surface area contributed by atoms with Crippen molar-refractivity contribution in [3.05, 3.63) is 23.8 Å². The van der Waals surface area contributed by atoms with Gasteiger partial charge in [-0.3, -0.25) is 0 Å². The van der Waals surface area contributed by atoms with Crippen molar-refractivity contribution in [3.63, 3.8) is 0 Å². The molecule has 0 aliphatic carbocycles. The molecule has 5 nitrogen and oxygen atoms in total. The van der Waals surface area contributed by atoms with E-state index in [1.807, 2.05) is 6.92 Å². The van der Waals surface area contributed by atoms with Crippen LogP contribution in [0.2, 0.25) is 0 Å². The maximum absolute atomic E-state index is 10.9. The lowest BCUT2D eigenvalue weighted by atomic mass is 10.1. The third-order valence-electron chi connectivity index (χ3n) is 2.45. The molecule has 4 N–H and O–H groups in total. The van der Waals surface area contributed by atoms with E-state index >= 15 is 0 Å². The summed E-state index contributed by atoms with van der Waals surface area (Å²) in [6, 6.07) is 5.11. The van der Waals surface area contributed by atoms with Crippen molar-refractivity contribution in [2.24, 2.45) is 0 Å². The van der Waals surface area contributed by atoms with Gasteiger partial charge in [0.25, 0.3) is 0 Å². The number of hydrogen-bond donors (Lipinski definition) is 3. The summed E-state index contributed by atoms with van der Waals surface area (Å²) in [5.41, 5.74) is 6.71. The highest BCUT2D eigenvalue weighted by atomic mass is 16.5. The number of aromatic carboxylic acids is 1. The van der Waals surface area contributed by atoms with Crippen LogP contribution in [0.3, 0.4) is 0 Å². The summed E-state index contributed by atoms with van der Waals surface area (Å²) in [6.45, 7) is 2.67. The van der Waals surface area contributed by atoms with Gasteiger partial charge >= 0.3 is 5.97 Å². The van der Waals surface area contributed by atoms with Gasteiger partial charge in [-0.25, -0.2) is 4.79 Å². The zero-order chi connectivity index (χ0) is 12.8. The highest BCUT2D eigenvalue weighted by Crippen LogP contribution is 2.18. The Morgan fingerprint density at radius 2 is 2.29 bits per heavy atom. The van der Waals surface area contributed by atoms with E-state index in [1.54, 1.807) is 25.3 Å². The first-order valence-electron chi connectivity index (χ1n) is 5.43. The number of nitrogens with two attached hydrogens (primary N) is 1. The van der Waals surface area contributed by atoms with Gasteiger partial charge in [-0.2, -0.15) is 0 Å². The summed E-state index contributed by atoms with van der Waals surface area (Å²) in [6.07, 6.45) is 0.850. The normalized spacial score (nSPS) is 12.1. The Morgan fingerprint density at radius 3 is 2.88 bits per heavy atom. The minimum absolute atomic E-state index is 0.119. The van der Waals surface area contributed by atoms with Crippen LogP contribution in [0.1, 0.15) is 23.7 Å². The number of rotatable bonds is 6. The predicted octanol–water partition coefficient (Wildman–Crippen LogP) is 1.80. The first-order valence-corrected chi connectivity index (χ1v) is 5.43. The average Bonchev–Trinajstić information content (AvgIpc) is 2.28. The Kier molecular flexibility index (Phi) is 4.78. The first kappa shape index (κ1) is 13.3. The molecular formula is C12H18N2O3. The molecule has 1 unspecified atom stereocenters. The quantitative estimate of drug-likeness (QED) is 0.658. The number of carboxylic acids is 1. The molecule has 0 saturated heterocycles. The fraction of sp³-hybridized carbons (Fsp3) is 0.417. The lowest BCUT2D eigenvalue weighted by Gasteiger charge is -2.15. The van der Waals surface area contributed by atoms with Gasteiger partial charge in [-0.1, -0.05) is 0 Å². The van der Waals surface area contributed by atoms with Gasteiger partial charge in [0.1, 0.15) is 0 Å². The molecule has 0 saturated carbocycles. The standard InChI is InChI=1S/C12H18N2O3/c1-8(5-6-17-2)14-9-3-4-11(13)10(7-9)12(15)16/h3-4,7-8,14H,5-6,13H2,1-2H3,(H,15,16). The van der Waals surface area contributed by atoms with Crippen LogP contribution >= 0.6 is 0 Å². The van der Waals surface area contributed by atoms with Gasteiger partial charge in [0.15, 0.2) is 0 Å². The second-order valence-electron chi connectivity index (χ2n) is 3.93. The predicted molar refractivity (Wildman–Crippen MR) is 67.4 cm³/mol. The second-order valence-corrected chi connectivity index (χ2v) is 3.93. The van der Waals surface area contributed by atoms with E-state index in [1.165, 1.54) is 0 Å². The van der Waals surface area contributed by atoms with Crippen molar-refractivity contribution in [1.29, 1.82) is 0 Å². The number of ether oxygens (including phenoxy) is 1. The lowest BCUT2D eigenvalue weighted by molar-refractivity contribution is 0.0698. The Bertz CT molecular complexity index is 393. The number of nitrogens with one attached hydrogen (secondary N) is 1. The highest BCUT2D eigenvalue weighted by molar-refractivity contribution is 5.94. The number of carboxylic acid groups (broad SMARTS) is 1. The zero-order valence-electron chi connectivity index (χ0n) is 10.1. The van der Waals surface area contributed by atoms with Crippen LogP contribution in [-0.2, 0) is 4.74 Å². The van der Waals surface area contributed by atoms with Crippen LogP contribution in [0.25, 0.3) is 0 Å². The number of methoxy groups -OCH3 is 1. The molecule has 1 aromatic rings. The van der Waals surface area contributed by atoms with E-state index in [0.717, 1.165) is 12.1 Å². The van der Waals surface area contributed by atoms with Gasteiger partial charge in [-0.05, 0) is 31.5 Å². The molecule has 0 aromatic heterocycles. The summed E-state index contributed by atoms with van der Waals surface area (Å²) in [5.74, 6) is -1.02. The second kappa shape index (κ2) is 6.10. The van der Waals surface area contributed by atoms with Gasteiger partial charge in [0, 0.05) is 31.1 Å². The Labute approximate surface area is 101 Å². The molecule has 17 heavy (non-hydrogen) atoms. The molecule has 0 radical (unpaired) electrons. The smallest absolute Gasteiger partial charge is 0.337 e. The van der Waals surface area contributed by atoms with Crippen molar-refractivity contribution in [2.75, 3.05) is 24.8 Å². The van der Waals surface area contributed by atoms with Crippen molar-refractivity contribution < 1.29 is 14.6 Å². The molecule has 1 atom stereocenters. The van der Waals surface area contributed by atoms with Crippen LogP contribution < -0.4 is 11.1 Å². The largest absolute Gasteiger partial charge is 0.478 e. The van der Waals surface area contributed by atoms with Gasteiger partial charge in [0.2, 0.25) is 0 Å². The molecule has 0 amide bonds. The van der Waals surface area contributed by atoms with Crippen LogP contribution in [-0.4, -0.2) is 30.8 Å². The van der Waals surface area contributed by atoms with Crippen LogP contribution in [0.5, 0.6) is 0 Å². The number of hydrogen-bond acceptors (Lipinski definition) is 4. The fourth-order valence-electron chi connectivity index (χ4n) is 1.48. The van der Waals surface area contributed by atoms with E-state index in [4.69, 9.17) is 15.6 Å². The van der Waals surface area contributed by atoms with E-state index < -0.39 is 5.97 Å². The van der Waals surface area contributed by atoms with Gasteiger partial charge in [-0.15, -0.1) is 0 Å². The summed E-state index contributed by atoms with van der Waals surface area (Å²) in [4.78, 5) is 10.9. The Hall–Kier alpha value is -1.75. The third kappa shape index (κ3) is 3.96. The molecule has 0 heterocycles. The van der Waals surface area contributed by atoms with Crippen LogP contribution in [0.15, 0.2) is 18.2 Å². The van der Waals surface area contributed by atoms with Crippen molar-refractivity contribution in [2.45, 2.75) is 19.4 Å². The minimum atomic E-state index is -1.02. The van der Waals surface area contributed by atoms with Crippen LogP contribution in [0, 0.1) is 0 Å². The van der Waals surface area contributed by atoms with E-state index in [9.17, 15) is 4.79 Å². The third-order valence-corrected chi connectivity index (χ3v) is 2.45. The van der Waals surface area contributed by atoms with Crippen molar-refractivity contribution >= 4 is 17.3 Å². The van der Waals surface area contributed by atoms with Crippen molar-refractivity contribution in [1.82, 2.24) is 0 Å². The number of anilines is 2. The van der Waals surface area contributed by atoms with Crippen LogP contribution in [0.4, 0.5) is 11.4 Å². The van der Waals surface area contributed by atoms with Gasteiger partial charge < -0.3 is 20.9 Å². The summed E-state index contributed by atoms with van der Waals surface area (Å²) in [5, 5.41) is 12.1. The number of carbonyl (C=O) groups is 1. The fourth-order valence-corrected chi connectivity index (χ4v) is 1.48. The van der Waals surface area contributed by atoms with E-state index in [2.05, 4.69) is 5.32 Å². The summed E-state index contributed by atoms with van der Waals surface area (Å²) < 4.78 is 4.98. The van der Waals surface area contributed by atoms with Gasteiger partial charge in [0.05, 0.1) is 5.56 Å². The summed E-state index contributed by atoms with van der Waals surface area (Å²) >= 11 is 0. The molecule has 94 valence electrons. The molecule has 0 aliphatic heterocycles. The molecule has 0 spiro atoms. The lowest BCUT2D eigenvalue weighted by Crippen LogP contribution is -2.17. The minimum Gasteiger partial charge on any atom is -0.478 e. The molecule has 0 fully saturated rings. The number of benzene rings is 1. The SMILES string of the molecule is COCCC(C)Nc1ccc(N)c(C(=O)O)c1. The maximum atomic E-state index is 10.9. The zero-order valence-corrected chi connectivity index (χ0v) is 10.1. The molecular weight excluding hydrogens is 220 g/mol. The molecule has 0 aliphatic rings. The Balaban J connectivity index is 2.72. The molecule has 0 bridgehead atoms. The average molecular weight is 238 g/mol. The topological polar surface area (TPSA) is 84.6 Å². The Morgan fingerprint density at radius 1 is 1.59 bits per heavy atom.